The lowest BCUT2D eigenvalue weighted by Crippen LogP contribution is -2.21. The molecule has 2 aromatic rings. The van der Waals surface area contributed by atoms with Crippen LogP contribution in [0.2, 0.25) is 0 Å². The smallest absolute Gasteiger partial charge is 0.312 e. The van der Waals surface area contributed by atoms with Gasteiger partial charge in [-0.15, -0.1) is 0 Å². The maximum atomic E-state index is 11.3. The first kappa shape index (κ1) is 13.6. The number of aromatic nitrogens is 1. The van der Waals surface area contributed by atoms with Crippen LogP contribution in [0.1, 0.15) is 17.2 Å². The number of aliphatic carboxylic acids is 1. The first-order chi connectivity index (χ1) is 9.70. The van der Waals surface area contributed by atoms with Crippen molar-refractivity contribution in [3.63, 3.8) is 0 Å². The van der Waals surface area contributed by atoms with Crippen molar-refractivity contribution in [2.45, 2.75) is 5.92 Å². The molecule has 0 aliphatic rings. The zero-order valence-corrected chi connectivity index (χ0v) is 10.7. The summed E-state index contributed by atoms with van der Waals surface area (Å²) in [7, 11) is 0. The van der Waals surface area contributed by atoms with Gasteiger partial charge in [0.25, 0.3) is 0 Å². The fourth-order valence-electron chi connectivity index (χ4n) is 1.84. The summed E-state index contributed by atoms with van der Waals surface area (Å²) in [6.45, 7) is 0.210. The highest BCUT2D eigenvalue weighted by Gasteiger charge is 2.19. The summed E-state index contributed by atoms with van der Waals surface area (Å²) < 4.78 is 0. The quantitative estimate of drug-likeness (QED) is 0.867. The lowest BCUT2D eigenvalue weighted by atomic mass is 9.99. The van der Waals surface area contributed by atoms with Crippen LogP contribution in [0.5, 0.6) is 0 Å². The van der Waals surface area contributed by atoms with Crippen molar-refractivity contribution in [1.29, 1.82) is 5.26 Å². The number of carbonyl (C=O) groups is 1. The molecular formula is C15H13N3O2. The Labute approximate surface area is 116 Å². The molecule has 2 rings (SSSR count). The van der Waals surface area contributed by atoms with Gasteiger partial charge in [0.2, 0.25) is 0 Å². The summed E-state index contributed by atoms with van der Waals surface area (Å²) in [5, 5.41) is 21.0. The molecule has 0 fully saturated rings. The number of pyridine rings is 1. The predicted molar refractivity (Wildman–Crippen MR) is 74.3 cm³/mol. The van der Waals surface area contributed by atoms with Gasteiger partial charge in [0.15, 0.2) is 0 Å². The van der Waals surface area contributed by atoms with E-state index in [1.54, 1.807) is 42.5 Å². The number of carboxylic acid groups (broad SMARTS) is 1. The van der Waals surface area contributed by atoms with Gasteiger partial charge in [0, 0.05) is 6.54 Å². The third-order valence-electron chi connectivity index (χ3n) is 2.85. The maximum Gasteiger partial charge on any atom is 0.312 e. The van der Waals surface area contributed by atoms with Gasteiger partial charge in [0.1, 0.15) is 17.6 Å². The van der Waals surface area contributed by atoms with Crippen molar-refractivity contribution in [2.75, 3.05) is 11.9 Å². The Balaban J connectivity index is 2.10. The van der Waals surface area contributed by atoms with Crippen LogP contribution in [0.15, 0.2) is 48.5 Å². The molecule has 0 aliphatic carbocycles. The molecule has 1 aromatic heterocycles. The zero-order chi connectivity index (χ0) is 14.4. The molecule has 20 heavy (non-hydrogen) atoms. The van der Waals surface area contributed by atoms with Crippen LogP contribution in [0, 0.1) is 11.3 Å². The van der Waals surface area contributed by atoms with E-state index in [0.29, 0.717) is 11.5 Å². The third kappa shape index (κ3) is 3.33. The molecule has 5 heteroatoms. The second kappa shape index (κ2) is 6.34. The molecule has 5 nitrogen and oxygen atoms in total. The van der Waals surface area contributed by atoms with Crippen LogP contribution in [0.3, 0.4) is 0 Å². The minimum atomic E-state index is -0.903. The molecule has 2 N–H and O–H groups in total. The van der Waals surface area contributed by atoms with Crippen molar-refractivity contribution in [2.24, 2.45) is 0 Å². The largest absolute Gasteiger partial charge is 0.481 e. The molecule has 0 bridgehead atoms. The SMILES string of the molecule is N#Cc1cccc(NCC(C(=O)O)c2ccccc2)n1. The molecule has 1 heterocycles. The monoisotopic (exact) mass is 267 g/mol. The van der Waals surface area contributed by atoms with Crippen LogP contribution < -0.4 is 5.32 Å². The highest BCUT2D eigenvalue weighted by molar-refractivity contribution is 5.76. The lowest BCUT2D eigenvalue weighted by molar-refractivity contribution is -0.138. The molecule has 1 aromatic carbocycles. The average Bonchev–Trinajstić information content (AvgIpc) is 2.48. The van der Waals surface area contributed by atoms with Gasteiger partial charge < -0.3 is 10.4 Å². The highest BCUT2D eigenvalue weighted by Crippen LogP contribution is 2.16. The maximum absolute atomic E-state index is 11.3. The van der Waals surface area contributed by atoms with Crippen molar-refractivity contribution < 1.29 is 9.90 Å². The lowest BCUT2D eigenvalue weighted by Gasteiger charge is -2.14. The number of nitrogens with one attached hydrogen (secondary N) is 1. The Bertz CT molecular complexity index is 635. The van der Waals surface area contributed by atoms with Gasteiger partial charge in [-0.1, -0.05) is 36.4 Å². The van der Waals surface area contributed by atoms with E-state index in [9.17, 15) is 9.90 Å². The average molecular weight is 267 g/mol. The summed E-state index contributed by atoms with van der Waals surface area (Å²) in [6.07, 6.45) is 0. The molecule has 100 valence electrons. The second-order valence-electron chi connectivity index (χ2n) is 4.20. The molecule has 0 saturated heterocycles. The molecule has 0 saturated carbocycles. The molecule has 0 radical (unpaired) electrons. The first-order valence-corrected chi connectivity index (χ1v) is 6.09. The van der Waals surface area contributed by atoms with E-state index in [0.717, 1.165) is 5.56 Å². The first-order valence-electron chi connectivity index (χ1n) is 6.09. The van der Waals surface area contributed by atoms with Gasteiger partial charge in [-0.3, -0.25) is 4.79 Å². The Kier molecular flexibility index (Phi) is 4.30. The fraction of sp³-hybridized carbons (Fsp3) is 0.133. The van der Waals surface area contributed by atoms with Crippen LogP contribution in [-0.2, 0) is 4.79 Å². The predicted octanol–water partition coefficient (Wildman–Crippen LogP) is 2.23. The molecule has 0 amide bonds. The van der Waals surface area contributed by atoms with Crippen molar-refractivity contribution >= 4 is 11.8 Å². The third-order valence-corrected chi connectivity index (χ3v) is 2.85. The van der Waals surface area contributed by atoms with Gasteiger partial charge in [-0.2, -0.15) is 5.26 Å². The number of carboxylic acids is 1. The van der Waals surface area contributed by atoms with Gasteiger partial charge in [-0.05, 0) is 17.7 Å². The molecule has 1 atom stereocenters. The second-order valence-corrected chi connectivity index (χ2v) is 4.20. The Morgan fingerprint density at radius 1 is 1.25 bits per heavy atom. The number of benzene rings is 1. The number of anilines is 1. The van der Waals surface area contributed by atoms with E-state index >= 15 is 0 Å². The zero-order valence-electron chi connectivity index (χ0n) is 10.7. The Morgan fingerprint density at radius 2 is 2.00 bits per heavy atom. The van der Waals surface area contributed by atoms with Crippen molar-refractivity contribution in [3.8, 4) is 6.07 Å². The van der Waals surface area contributed by atoms with Crippen molar-refractivity contribution in [3.05, 3.63) is 59.8 Å². The summed E-state index contributed by atoms with van der Waals surface area (Å²) in [6, 6.07) is 15.9. The Morgan fingerprint density at radius 3 is 2.65 bits per heavy atom. The van der Waals surface area contributed by atoms with Gasteiger partial charge >= 0.3 is 5.97 Å². The van der Waals surface area contributed by atoms with E-state index in [1.165, 1.54) is 0 Å². The number of hydrogen-bond acceptors (Lipinski definition) is 4. The van der Waals surface area contributed by atoms with E-state index in [4.69, 9.17) is 5.26 Å². The molecular weight excluding hydrogens is 254 g/mol. The minimum absolute atomic E-state index is 0.210. The summed E-state index contributed by atoms with van der Waals surface area (Å²) >= 11 is 0. The topological polar surface area (TPSA) is 86.0 Å². The summed E-state index contributed by atoms with van der Waals surface area (Å²) in [5.41, 5.74) is 1.02. The summed E-state index contributed by atoms with van der Waals surface area (Å²) in [5.74, 6) is -1.07. The standard InChI is InChI=1S/C15H13N3O2/c16-9-12-7-4-8-14(18-12)17-10-13(15(19)20)11-5-2-1-3-6-11/h1-8,13H,10H2,(H,17,18)(H,19,20). The van der Waals surface area contributed by atoms with E-state index in [-0.39, 0.29) is 6.54 Å². The van der Waals surface area contributed by atoms with Crippen LogP contribution in [0.25, 0.3) is 0 Å². The van der Waals surface area contributed by atoms with Gasteiger partial charge in [-0.25, -0.2) is 4.98 Å². The van der Waals surface area contributed by atoms with Crippen molar-refractivity contribution in [1.82, 2.24) is 4.98 Å². The normalized spacial score (nSPS) is 11.3. The Hall–Kier alpha value is -2.87. The molecule has 0 spiro atoms. The number of nitrogens with zero attached hydrogens (tertiary/aromatic N) is 2. The number of nitriles is 1. The molecule has 1 unspecified atom stereocenters. The minimum Gasteiger partial charge on any atom is -0.481 e. The number of rotatable bonds is 5. The van der Waals surface area contributed by atoms with Gasteiger partial charge in [0.05, 0.1) is 5.92 Å². The van der Waals surface area contributed by atoms with E-state index < -0.39 is 11.9 Å². The summed E-state index contributed by atoms with van der Waals surface area (Å²) in [4.78, 5) is 15.4. The van der Waals surface area contributed by atoms with Crippen LogP contribution in [0.4, 0.5) is 5.82 Å². The fourth-order valence-corrected chi connectivity index (χ4v) is 1.84. The van der Waals surface area contributed by atoms with Crippen LogP contribution >= 0.6 is 0 Å². The highest BCUT2D eigenvalue weighted by atomic mass is 16.4. The van der Waals surface area contributed by atoms with E-state index in [1.807, 2.05) is 12.1 Å². The van der Waals surface area contributed by atoms with Crippen LogP contribution in [-0.4, -0.2) is 22.6 Å². The number of hydrogen-bond donors (Lipinski definition) is 2. The molecule has 0 aliphatic heterocycles. The van der Waals surface area contributed by atoms with E-state index in [2.05, 4.69) is 10.3 Å².